The van der Waals surface area contributed by atoms with Crippen molar-refractivity contribution in [2.45, 2.75) is 43.8 Å². The van der Waals surface area contributed by atoms with Crippen molar-refractivity contribution in [1.82, 2.24) is 10.6 Å². The number of amides is 3. The zero-order valence-electron chi connectivity index (χ0n) is 13.5. The van der Waals surface area contributed by atoms with Crippen LogP contribution in [0.5, 0.6) is 0 Å². The number of nitrogens with one attached hydrogen (secondary N) is 2. The topological polar surface area (TPSA) is 239 Å². The van der Waals surface area contributed by atoms with E-state index in [1.807, 2.05) is 5.32 Å². The third kappa shape index (κ3) is 9.17. The van der Waals surface area contributed by atoms with Crippen LogP contribution in [-0.2, 0) is 28.8 Å². The molecule has 0 spiro atoms. The summed E-state index contributed by atoms with van der Waals surface area (Å²) in [4.78, 5) is 67.0. The van der Waals surface area contributed by atoms with E-state index in [0.717, 1.165) is 0 Å². The Bertz CT molecular complexity index is 592. The first-order chi connectivity index (χ1) is 11.9. The lowest BCUT2D eigenvalue weighted by Gasteiger charge is -2.21. The van der Waals surface area contributed by atoms with Crippen LogP contribution in [0, 0.1) is 0 Å². The van der Waals surface area contributed by atoms with E-state index in [4.69, 9.17) is 26.8 Å². The summed E-state index contributed by atoms with van der Waals surface area (Å²) in [7, 11) is 0. The number of nitrogens with two attached hydrogens (primary N) is 2. The highest BCUT2D eigenvalue weighted by Crippen LogP contribution is 2.02. The Morgan fingerprint density at radius 2 is 1.35 bits per heavy atom. The summed E-state index contributed by atoms with van der Waals surface area (Å²) in [6.45, 7) is 0. The fourth-order valence-corrected chi connectivity index (χ4v) is 1.77. The molecule has 0 fully saturated rings. The van der Waals surface area contributed by atoms with E-state index in [2.05, 4.69) is 5.32 Å². The van der Waals surface area contributed by atoms with Gasteiger partial charge < -0.3 is 37.4 Å². The SMILES string of the molecule is NC(=O)C[C@H](NC(=O)[C@H](CCC(=O)O)NC(=O)[C@@H](N)CC(=O)O)C(=O)O. The lowest BCUT2D eigenvalue weighted by Crippen LogP contribution is -2.55. The van der Waals surface area contributed by atoms with Crippen molar-refractivity contribution in [2.24, 2.45) is 11.5 Å². The minimum absolute atomic E-state index is 0.421. The Hall–Kier alpha value is -3.22. The van der Waals surface area contributed by atoms with E-state index in [0.29, 0.717) is 0 Å². The van der Waals surface area contributed by atoms with Gasteiger partial charge in [-0.2, -0.15) is 0 Å². The quantitative estimate of drug-likeness (QED) is 0.178. The summed E-state index contributed by atoms with van der Waals surface area (Å²) < 4.78 is 0. The van der Waals surface area contributed by atoms with Gasteiger partial charge in [0.25, 0.3) is 0 Å². The zero-order chi connectivity index (χ0) is 20.4. The van der Waals surface area contributed by atoms with Gasteiger partial charge in [-0.25, -0.2) is 4.79 Å². The number of carboxylic acids is 3. The second-order valence-corrected chi connectivity index (χ2v) is 5.27. The molecule has 0 unspecified atom stereocenters. The molecule has 0 bridgehead atoms. The molecule has 3 atom stereocenters. The first-order valence-corrected chi connectivity index (χ1v) is 7.25. The van der Waals surface area contributed by atoms with Crippen LogP contribution < -0.4 is 22.1 Å². The van der Waals surface area contributed by atoms with Gasteiger partial charge in [-0.1, -0.05) is 0 Å². The van der Waals surface area contributed by atoms with Crippen molar-refractivity contribution in [3.8, 4) is 0 Å². The van der Waals surface area contributed by atoms with Crippen molar-refractivity contribution in [3.05, 3.63) is 0 Å². The summed E-state index contributed by atoms with van der Waals surface area (Å²) in [5.41, 5.74) is 10.2. The van der Waals surface area contributed by atoms with E-state index >= 15 is 0 Å². The molecule has 13 heteroatoms. The number of carbonyl (C=O) groups is 6. The van der Waals surface area contributed by atoms with Crippen molar-refractivity contribution in [1.29, 1.82) is 0 Å². The fraction of sp³-hybridized carbons (Fsp3) is 0.538. The van der Waals surface area contributed by atoms with Gasteiger partial charge in [-0.05, 0) is 6.42 Å². The number of aliphatic carboxylic acids is 3. The molecule has 146 valence electrons. The Labute approximate surface area is 146 Å². The molecule has 0 aromatic rings. The standard InChI is InChI=1S/C13H20N4O9/c14-5(3-10(21)22)11(23)16-6(1-2-9(19)20)12(24)17-7(13(25)26)4-8(15)18/h5-7H,1-4,14H2,(H2,15,18)(H,16,23)(H,17,24)(H,19,20)(H,21,22)(H,25,26)/t5-,6-,7-/m0/s1. The summed E-state index contributed by atoms with van der Waals surface area (Å²) in [6, 6.07) is -4.70. The van der Waals surface area contributed by atoms with E-state index in [9.17, 15) is 28.8 Å². The Morgan fingerprint density at radius 3 is 1.77 bits per heavy atom. The van der Waals surface area contributed by atoms with Gasteiger partial charge >= 0.3 is 17.9 Å². The van der Waals surface area contributed by atoms with E-state index in [1.165, 1.54) is 0 Å². The maximum absolute atomic E-state index is 12.1. The summed E-state index contributed by atoms with van der Waals surface area (Å²) in [5, 5.41) is 30.3. The number of rotatable bonds is 12. The molecule has 0 heterocycles. The monoisotopic (exact) mass is 376 g/mol. The highest BCUT2D eigenvalue weighted by Gasteiger charge is 2.29. The minimum atomic E-state index is -1.68. The van der Waals surface area contributed by atoms with Crippen LogP contribution in [0.3, 0.4) is 0 Å². The molecule has 13 nitrogen and oxygen atoms in total. The van der Waals surface area contributed by atoms with Crippen molar-refractivity contribution >= 4 is 35.6 Å². The second-order valence-electron chi connectivity index (χ2n) is 5.27. The third-order valence-electron chi connectivity index (χ3n) is 3.03. The van der Waals surface area contributed by atoms with Gasteiger partial charge in [0.15, 0.2) is 0 Å². The molecule has 0 saturated heterocycles. The van der Waals surface area contributed by atoms with Crippen LogP contribution in [0.25, 0.3) is 0 Å². The lowest BCUT2D eigenvalue weighted by atomic mass is 10.1. The molecule has 26 heavy (non-hydrogen) atoms. The van der Waals surface area contributed by atoms with Crippen LogP contribution >= 0.6 is 0 Å². The van der Waals surface area contributed by atoms with E-state index in [1.54, 1.807) is 0 Å². The zero-order valence-corrected chi connectivity index (χ0v) is 13.5. The number of hydrogen-bond donors (Lipinski definition) is 7. The number of primary amides is 1. The minimum Gasteiger partial charge on any atom is -0.481 e. The van der Waals surface area contributed by atoms with Crippen molar-refractivity contribution in [2.75, 3.05) is 0 Å². The summed E-state index contributed by atoms with van der Waals surface area (Å²) >= 11 is 0. The van der Waals surface area contributed by atoms with Gasteiger partial charge in [0, 0.05) is 6.42 Å². The largest absolute Gasteiger partial charge is 0.481 e. The highest BCUT2D eigenvalue weighted by molar-refractivity contribution is 5.94. The summed E-state index contributed by atoms with van der Waals surface area (Å²) in [5.74, 6) is -7.36. The smallest absolute Gasteiger partial charge is 0.326 e. The molecule has 0 aliphatic heterocycles. The highest BCUT2D eigenvalue weighted by atomic mass is 16.4. The van der Waals surface area contributed by atoms with Crippen LogP contribution in [0.2, 0.25) is 0 Å². The van der Waals surface area contributed by atoms with E-state index < -0.39 is 79.4 Å². The van der Waals surface area contributed by atoms with Crippen LogP contribution in [0.15, 0.2) is 0 Å². The van der Waals surface area contributed by atoms with Gasteiger partial charge in [-0.3, -0.25) is 24.0 Å². The number of carboxylic acid groups (broad SMARTS) is 3. The molecule has 0 aliphatic carbocycles. The second kappa shape index (κ2) is 10.6. The molecule has 0 saturated carbocycles. The number of hydrogen-bond acceptors (Lipinski definition) is 7. The Balaban J connectivity index is 5.14. The molecule has 0 aromatic heterocycles. The number of carbonyl (C=O) groups excluding carboxylic acids is 3. The van der Waals surface area contributed by atoms with Gasteiger partial charge in [-0.15, -0.1) is 0 Å². The first-order valence-electron chi connectivity index (χ1n) is 7.25. The molecule has 0 radical (unpaired) electrons. The first kappa shape index (κ1) is 22.8. The Kier molecular flexibility index (Phi) is 9.29. The molecule has 3 amide bonds. The molecule has 9 N–H and O–H groups in total. The molecular formula is C13H20N4O9. The molecule has 0 aromatic carbocycles. The third-order valence-corrected chi connectivity index (χ3v) is 3.03. The lowest BCUT2D eigenvalue weighted by molar-refractivity contribution is -0.144. The predicted octanol–water partition coefficient (Wildman–Crippen LogP) is -3.42. The van der Waals surface area contributed by atoms with Crippen molar-refractivity contribution in [3.63, 3.8) is 0 Å². The van der Waals surface area contributed by atoms with Gasteiger partial charge in [0.05, 0.1) is 18.9 Å². The molecule has 0 rings (SSSR count). The van der Waals surface area contributed by atoms with Crippen LogP contribution in [0.4, 0.5) is 0 Å². The average Bonchev–Trinajstić information content (AvgIpc) is 2.48. The van der Waals surface area contributed by atoms with E-state index in [-0.39, 0.29) is 0 Å². The maximum atomic E-state index is 12.1. The molecular weight excluding hydrogens is 356 g/mol. The summed E-state index contributed by atoms with van der Waals surface area (Å²) in [6.07, 6.45) is -2.44. The van der Waals surface area contributed by atoms with Crippen LogP contribution in [0.1, 0.15) is 25.7 Å². The maximum Gasteiger partial charge on any atom is 0.326 e. The Morgan fingerprint density at radius 1 is 0.808 bits per heavy atom. The predicted molar refractivity (Wildman–Crippen MR) is 82.4 cm³/mol. The fourth-order valence-electron chi connectivity index (χ4n) is 1.77. The van der Waals surface area contributed by atoms with Gasteiger partial charge in [0.2, 0.25) is 17.7 Å². The molecule has 0 aliphatic rings. The van der Waals surface area contributed by atoms with Crippen molar-refractivity contribution < 1.29 is 44.1 Å². The normalized spacial score (nSPS) is 13.7. The van der Waals surface area contributed by atoms with Gasteiger partial charge in [0.1, 0.15) is 12.1 Å². The van der Waals surface area contributed by atoms with Crippen LogP contribution in [-0.4, -0.2) is 69.1 Å². The average molecular weight is 376 g/mol.